The Kier molecular flexibility index (Phi) is 5.83. The highest BCUT2D eigenvalue weighted by atomic mass is 32.2. The summed E-state index contributed by atoms with van der Waals surface area (Å²) in [6, 6.07) is 3.35. The Balaban J connectivity index is 2.17. The van der Waals surface area contributed by atoms with Gasteiger partial charge in [0.25, 0.3) is 11.6 Å². The Morgan fingerprint density at radius 2 is 2.04 bits per heavy atom. The second kappa shape index (κ2) is 7.66. The number of amides is 1. The van der Waals surface area contributed by atoms with Crippen LogP contribution in [0.1, 0.15) is 10.4 Å². The molecule has 1 amide bonds. The van der Waals surface area contributed by atoms with E-state index < -0.39 is 37.0 Å². The smallest absolute Gasteiger partial charge is 0.283 e. The molecule has 1 aromatic carbocycles. The van der Waals surface area contributed by atoms with Crippen LogP contribution in [0.4, 0.5) is 5.69 Å². The minimum Gasteiger partial charge on any atom is -0.379 e. The third-order valence-electron chi connectivity index (χ3n) is 3.56. The number of sulfonamides is 1. The number of primary amides is 1. The van der Waals surface area contributed by atoms with Crippen LogP contribution in [-0.4, -0.2) is 63.5 Å². The summed E-state index contributed by atoms with van der Waals surface area (Å²) in [4.78, 5) is 23.2. The second-order valence-electron chi connectivity index (χ2n) is 5.12. The maximum absolute atomic E-state index is 12.4. The van der Waals surface area contributed by atoms with E-state index in [2.05, 4.69) is 4.72 Å². The van der Waals surface area contributed by atoms with Crippen LogP contribution in [0.15, 0.2) is 23.1 Å². The quantitative estimate of drug-likeness (QED) is 0.484. The number of carbonyl (C=O) groups is 1. The molecule has 1 aromatic rings. The first-order valence-electron chi connectivity index (χ1n) is 7.20. The largest absolute Gasteiger partial charge is 0.379 e. The van der Waals surface area contributed by atoms with E-state index in [9.17, 15) is 23.3 Å². The molecule has 1 aliphatic rings. The van der Waals surface area contributed by atoms with Crippen molar-refractivity contribution in [2.75, 3.05) is 39.4 Å². The summed E-state index contributed by atoms with van der Waals surface area (Å²) in [5.41, 5.74) is 3.87. The summed E-state index contributed by atoms with van der Waals surface area (Å²) in [7, 11) is -4.11. The summed E-state index contributed by atoms with van der Waals surface area (Å²) >= 11 is 0. The van der Waals surface area contributed by atoms with Crippen molar-refractivity contribution < 1.29 is 22.9 Å². The Hall–Kier alpha value is -2.08. The molecule has 0 saturated carbocycles. The zero-order valence-corrected chi connectivity index (χ0v) is 13.6. The molecule has 3 N–H and O–H groups in total. The lowest BCUT2D eigenvalue weighted by molar-refractivity contribution is -0.385. The Morgan fingerprint density at radius 3 is 2.62 bits per heavy atom. The third kappa shape index (κ3) is 4.26. The van der Waals surface area contributed by atoms with E-state index in [0.717, 1.165) is 12.1 Å². The van der Waals surface area contributed by atoms with Crippen molar-refractivity contribution in [3.05, 3.63) is 33.9 Å². The topological polar surface area (TPSA) is 145 Å². The number of benzene rings is 1. The number of nitrogens with one attached hydrogen (secondary N) is 1. The lowest BCUT2D eigenvalue weighted by Crippen LogP contribution is -2.41. The van der Waals surface area contributed by atoms with Crippen molar-refractivity contribution >= 4 is 21.6 Å². The number of nitrogens with two attached hydrogens (primary N) is 1. The lowest BCUT2D eigenvalue weighted by atomic mass is 10.2. The molecule has 1 heterocycles. The summed E-state index contributed by atoms with van der Waals surface area (Å²) in [5.74, 6) is -1.17. The second-order valence-corrected chi connectivity index (χ2v) is 6.86. The van der Waals surface area contributed by atoms with Gasteiger partial charge in [0.05, 0.1) is 18.1 Å². The zero-order chi connectivity index (χ0) is 17.7. The molecule has 1 fully saturated rings. The number of morpholine rings is 1. The standard InChI is InChI=1S/C13H18N4O6S/c14-13(18)12-10(17(19)20)2-1-3-11(12)24(21,22)15-4-5-16-6-8-23-9-7-16/h1-3,15H,4-9H2,(H2,14,18). The Bertz CT molecular complexity index is 730. The van der Waals surface area contributed by atoms with Crippen LogP contribution in [0.2, 0.25) is 0 Å². The number of nitro groups is 1. The van der Waals surface area contributed by atoms with Gasteiger partial charge in [-0.1, -0.05) is 6.07 Å². The minimum absolute atomic E-state index is 0.100. The van der Waals surface area contributed by atoms with Crippen molar-refractivity contribution in [2.45, 2.75) is 4.90 Å². The molecule has 0 aromatic heterocycles. The molecule has 11 heteroatoms. The van der Waals surface area contributed by atoms with Gasteiger partial charge >= 0.3 is 0 Å². The van der Waals surface area contributed by atoms with Crippen molar-refractivity contribution in [1.82, 2.24) is 9.62 Å². The van der Waals surface area contributed by atoms with E-state index in [1.54, 1.807) is 0 Å². The summed E-state index contributed by atoms with van der Waals surface area (Å²) in [5, 5.41) is 11.0. The third-order valence-corrected chi connectivity index (χ3v) is 5.06. The molecule has 24 heavy (non-hydrogen) atoms. The molecule has 0 spiro atoms. The van der Waals surface area contributed by atoms with Crippen LogP contribution in [0.3, 0.4) is 0 Å². The fourth-order valence-corrected chi connectivity index (χ4v) is 3.63. The predicted octanol–water partition coefficient (Wildman–Crippen LogP) is -0.696. The minimum atomic E-state index is -4.11. The average Bonchev–Trinajstić information content (AvgIpc) is 2.54. The van der Waals surface area contributed by atoms with Crippen molar-refractivity contribution in [2.24, 2.45) is 5.73 Å². The van der Waals surface area contributed by atoms with E-state index in [4.69, 9.17) is 10.5 Å². The molecule has 0 atom stereocenters. The molecular formula is C13H18N4O6S. The Morgan fingerprint density at radius 1 is 1.38 bits per heavy atom. The molecule has 1 aliphatic heterocycles. The first-order chi connectivity index (χ1) is 11.3. The first kappa shape index (κ1) is 18.3. The van der Waals surface area contributed by atoms with Gasteiger partial charge in [-0.25, -0.2) is 13.1 Å². The van der Waals surface area contributed by atoms with E-state index in [1.807, 2.05) is 4.90 Å². The molecule has 0 aliphatic carbocycles. The van der Waals surface area contributed by atoms with Gasteiger partial charge in [-0.05, 0) is 6.07 Å². The number of carbonyl (C=O) groups excluding carboxylic acids is 1. The highest BCUT2D eigenvalue weighted by Crippen LogP contribution is 2.25. The molecular weight excluding hydrogens is 340 g/mol. The molecule has 0 bridgehead atoms. The van der Waals surface area contributed by atoms with Gasteiger partial charge in [0.15, 0.2) is 0 Å². The maximum atomic E-state index is 12.4. The van der Waals surface area contributed by atoms with Crippen LogP contribution in [0.5, 0.6) is 0 Å². The Labute approximate surface area is 138 Å². The number of nitro benzene ring substituents is 1. The van der Waals surface area contributed by atoms with Crippen molar-refractivity contribution in [1.29, 1.82) is 0 Å². The van der Waals surface area contributed by atoms with E-state index >= 15 is 0 Å². The summed E-state index contributed by atoms with van der Waals surface area (Å²) in [6.45, 7) is 3.13. The number of ether oxygens (including phenoxy) is 1. The summed E-state index contributed by atoms with van der Waals surface area (Å²) < 4.78 is 32.3. The van der Waals surface area contributed by atoms with Crippen molar-refractivity contribution in [3.63, 3.8) is 0 Å². The van der Waals surface area contributed by atoms with Crippen LogP contribution in [0, 0.1) is 10.1 Å². The van der Waals surface area contributed by atoms with Gasteiger partial charge in [-0.15, -0.1) is 0 Å². The maximum Gasteiger partial charge on any atom is 0.283 e. The molecule has 132 valence electrons. The number of hydrogen-bond donors (Lipinski definition) is 2. The first-order valence-corrected chi connectivity index (χ1v) is 8.68. The van der Waals surface area contributed by atoms with E-state index in [1.165, 1.54) is 6.07 Å². The van der Waals surface area contributed by atoms with Crippen LogP contribution in [-0.2, 0) is 14.8 Å². The molecule has 1 saturated heterocycles. The average molecular weight is 358 g/mol. The van der Waals surface area contributed by atoms with E-state index in [-0.39, 0.29) is 6.54 Å². The van der Waals surface area contributed by atoms with Crippen LogP contribution < -0.4 is 10.5 Å². The van der Waals surface area contributed by atoms with E-state index in [0.29, 0.717) is 32.8 Å². The van der Waals surface area contributed by atoms with Gasteiger partial charge < -0.3 is 10.5 Å². The molecule has 0 radical (unpaired) electrons. The summed E-state index contributed by atoms with van der Waals surface area (Å²) in [6.07, 6.45) is 0. The van der Waals surface area contributed by atoms with Gasteiger partial charge in [0, 0.05) is 32.2 Å². The number of hydrogen-bond acceptors (Lipinski definition) is 7. The highest BCUT2D eigenvalue weighted by Gasteiger charge is 2.29. The molecule has 2 rings (SSSR count). The van der Waals surface area contributed by atoms with Crippen LogP contribution in [0.25, 0.3) is 0 Å². The van der Waals surface area contributed by atoms with Gasteiger partial charge in [-0.3, -0.25) is 19.8 Å². The number of nitrogens with zero attached hydrogens (tertiary/aromatic N) is 2. The van der Waals surface area contributed by atoms with Gasteiger partial charge in [-0.2, -0.15) is 0 Å². The zero-order valence-electron chi connectivity index (χ0n) is 12.8. The SMILES string of the molecule is NC(=O)c1c([N+](=O)[O-])cccc1S(=O)(=O)NCCN1CCOCC1. The predicted molar refractivity (Wildman–Crippen MR) is 84.1 cm³/mol. The van der Waals surface area contributed by atoms with Gasteiger partial charge in [0.2, 0.25) is 10.0 Å². The fraction of sp³-hybridized carbons (Fsp3) is 0.462. The van der Waals surface area contributed by atoms with Crippen LogP contribution >= 0.6 is 0 Å². The van der Waals surface area contributed by atoms with Crippen molar-refractivity contribution in [3.8, 4) is 0 Å². The monoisotopic (exact) mass is 358 g/mol. The van der Waals surface area contributed by atoms with Gasteiger partial charge in [0.1, 0.15) is 10.5 Å². The fourth-order valence-electron chi connectivity index (χ4n) is 2.38. The molecule has 10 nitrogen and oxygen atoms in total. The lowest BCUT2D eigenvalue weighted by Gasteiger charge is -2.26. The normalized spacial score (nSPS) is 16.0. The number of rotatable bonds is 7. The highest BCUT2D eigenvalue weighted by molar-refractivity contribution is 7.89. The molecule has 0 unspecified atom stereocenters.